The van der Waals surface area contributed by atoms with Crippen LogP contribution in [0.15, 0.2) is 16.7 Å². The van der Waals surface area contributed by atoms with Gasteiger partial charge in [0.2, 0.25) is 0 Å². The van der Waals surface area contributed by atoms with Gasteiger partial charge in [0.05, 0.1) is 17.2 Å². The summed E-state index contributed by atoms with van der Waals surface area (Å²) >= 11 is 9.37. The molecule has 84 valence electrons. The molecule has 0 atom stereocenters. The van der Waals surface area contributed by atoms with Crippen molar-refractivity contribution in [2.75, 3.05) is 18.6 Å². The van der Waals surface area contributed by atoms with E-state index >= 15 is 0 Å². The van der Waals surface area contributed by atoms with Gasteiger partial charge in [-0.05, 0) is 35.8 Å². The number of hydrogen-bond acceptors (Lipinski definition) is 3. The quantitative estimate of drug-likeness (QED) is 0.931. The van der Waals surface area contributed by atoms with Gasteiger partial charge in [-0.15, -0.1) is 0 Å². The smallest absolute Gasteiger partial charge is 0.147 e. The number of nitrogens with zero attached hydrogens (tertiary/aromatic N) is 2. The Balaban J connectivity index is 3.06. The predicted molar refractivity (Wildman–Crippen MR) is 66.5 cm³/mol. The van der Waals surface area contributed by atoms with E-state index in [1.165, 1.54) is 0 Å². The molecule has 1 aromatic rings. The average molecular weight is 294 g/mol. The van der Waals surface area contributed by atoms with Crippen LogP contribution < -0.4 is 4.90 Å². The third-order valence-corrected chi connectivity index (χ3v) is 3.11. The molecule has 0 fully saturated rings. The van der Waals surface area contributed by atoms with E-state index in [0.717, 1.165) is 4.47 Å². The summed E-state index contributed by atoms with van der Waals surface area (Å²) in [6.07, 6.45) is 1.69. The molecular formula is C10H14BrClN2O. The van der Waals surface area contributed by atoms with Gasteiger partial charge >= 0.3 is 0 Å². The SMILES string of the molecule is CN(c1ncc(Br)cc1Cl)C(C)(C)CO. The summed E-state index contributed by atoms with van der Waals surface area (Å²) in [5, 5.41) is 9.81. The van der Waals surface area contributed by atoms with Gasteiger partial charge in [-0.2, -0.15) is 0 Å². The number of likely N-dealkylation sites (N-methyl/N-ethyl adjacent to an activating group) is 1. The van der Waals surface area contributed by atoms with Gasteiger partial charge in [0.1, 0.15) is 5.82 Å². The zero-order chi connectivity index (χ0) is 11.6. The number of pyridine rings is 1. The number of aliphatic hydroxyl groups excluding tert-OH is 1. The van der Waals surface area contributed by atoms with Gasteiger partial charge in [-0.3, -0.25) is 0 Å². The molecule has 0 aromatic carbocycles. The van der Waals surface area contributed by atoms with Crippen LogP contribution in [0.25, 0.3) is 0 Å². The van der Waals surface area contributed by atoms with E-state index in [1.807, 2.05) is 25.8 Å². The Labute approximate surface area is 103 Å². The Morgan fingerprint density at radius 1 is 1.60 bits per heavy atom. The number of rotatable bonds is 3. The molecule has 0 unspecified atom stereocenters. The van der Waals surface area contributed by atoms with Crippen LogP contribution in [0.5, 0.6) is 0 Å². The summed E-state index contributed by atoms with van der Waals surface area (Å²) < 4.78 is 0.839. The van der Waals surface area contributed by atoms with Crippen molar-refractivity contribution in [2.45, 2.75) is 19.4 Å². The largest absolute Gasteiger partial charge is 0.394 e. The topological polar surface area (TPSA) is 36.4 Å². The molecule has 15 heavy (non-hydrogen) atoms. The highest BCUT2D eigenvalue weighted by molar-refractivity contribution is 9.10. The number of hydrogen-bond donors (Lipinski definition) is 1. The summed E-state index contributed by atoms with van der Waals surface area (Å²) in [7, 11) is 1.86. The normalized spacial score (nSPS) is 11.6. The maximum absolute atomic E-state index is 9.25. The molecule has 0 saturated heterocycles. The Hall–Kier alpha value is -0.320. The van der Waals surface area contributed by atoms with E-state index in [4.69, 9.17) is 11.6 Å². The molecule has 0 saturated carbocycles. The van der Waals surface area contributed by atoms with Gasteiger partial charge in [0.15, 0.2) is 0 Å². The first-order valence-corrected chi connectivity index (χ1v) is 5.71. The van der Waals surface area contributed by atoms with Gasteiger partial charge in [0, 0.05) is 17.7 Å². The number of halogens is 2. The van der Waals surface area contributed by atoms with E-state index in [9.17, 15) is 5.11 Å². The maximum Gasteiger partial charge on any atom is 0.147 e. The van der Waals surface area contributed by atoms with E-state index in [-0.39, 0.29) is 12.1 Å². The molecule has 5 heteroatoms. The molecule has 0 amide bonds. The fourth-order valence-electron chi connectivity index (χ4n) is 1.05. The Bertz CT molecular complexity index is 357. The monoisotopic (exact) mass is 292 g/mol. The maximum atomic E-state index is 9.25. The summed E-state index contributed by atoms with van der Waals surface area (Å²) in [5.41, 5.74) is -0.384. The highest BCUT2D eigenvalue weighted by atomic mass is 79.9. The Morgan fingerprint density at radius 2 is 2.20 bits per heavy atom. The third-order valence-electron chi connectivity index (χ3n) is 2.40. The summed E-state index contributed by atoms with van der Waals surface area (Å²) in [6, 6.07) is 1.79. The molecule has 3 nitrogen and oxygen atoms in total. The molecule has 0 aliphatic heterocycles. The van der Waals surface area contributed by atoms with Crippen LogP contribution in [0.4, 0.5) is 5.82 Å². The molecule has 1 N–H and O–H groups in total. The number of anilines is 1. The van der Waals surface area contributed by atoms with Crippen LogP contribution in [-0.2, 0) is 0 Å². The minimum Gasteiger partial charge on any atom is -0.394 e. The van der Waals surface area contributed by atoms with E-state index in [0.29, 0.717) is 10.8 Å². The van der Waals surface area contributed by atoms with Gasteiger partial charge < -0.3 is 10.0 Å². The third kappa shape index (κ3) is 2.83. The molecule has 0 radical (unpaired) electrons. The zero-order valence-electron chi connectivity index (χ0n) is 8.96. The lowest BCUT2D eigenvalue weighted by Crippen LogP contribution is -2.45. The van der Waals surface area contributed by atoms with Crippen LogP contribution in [0.2, 0.25) is 5.02 Å². The van der Waals surface area contributed by atoms with Crippen LogP contribution in [0, 0.1) is 0 Å². The lowest BCUT2D eigenvalue weighted by molar-refractivity contribution is 0.215. The number of aromatic nitrogens is 1. The standard InChI is InChI=1S/C10H14BrClN2O/c1-10(2,6-15)14(3)9-8(12)4-7(11)5-13-9/h4-5,15H,6H2,1-3H3. The van der Waals surface area contributed by atoms with Gasteiger partial charge in [0.25, 0.3) is 0 Å². The van der Waals surface area contributed by atoms with Crippen molar-refractivity contribution in [3.05, 3.63) is 21.8 Å². The molecule has 1 rings (SSSR count). The summed E-state index contributed by atoms with van der Waals surface area (Å²) in [5.74, 6) is 0.666. The number of aliphatic hydroxyl groups is 1. The highest BCUT2D eigenvalue weighted by Gasteiger charge is 2.25. The second kappa shape index (κ2) is 4.68. The zero-order valence-corrected chi connectivity index (χ0v) is 11.3. The van der Waals surface area contributed by atoms with Crippen molar-refractivity contribution in [2.24, 2.45) is 0 Å². The fourth-order valence-corrected chi connectivity index (χ4v) is 1.80. The van der Waals surface area contributed by atoms with Crippen LogP contribution in [0.3, 0.4) is 0 Å². The van der Waals surface area contributed by atoms with E-state index < -0.39 is 0 Å². The highest BCUT2D eigenvalue weighted by Crippen LogP contribution is 2.29. The van der Waals surface area contributed by atoms with Gasteiger partial charge in [-0.25, -0.2) is 4.98 Å². The van der Waals surface area contributed by atoms with Crippen molar-refractivity contribution >= 4 is 33.3 Å². The molecule has 1 aromatic heterocycles. The van der Waals surface area contributed by atoms with Crippen LogP contribution >= 0.6 is 27.5 Å². The van der Waals surface area contributed by atoms with E-state index in [1.54, 1.807) is 12.3 Å². The van der Waals surface area contributed by atoms with Crippen LogP contribution in [-0.4, -0.2) is 29.3 Å². The van der Waals surface area contributed by atoms with Gasteiger partial charge in [-0.1, -0.05) is 11.6 Å². The van der Waals surface area contributed by atoms with E-state index in [2.05, 4.69) is 20.9 Å². The Morgan fingerprint density at radius 3 is 2.67 bits per heavy atom. The Kier molecular flexibility index (Phi) is 3.98. The van der Waals surface area contributed by atoms with Crippen molar-refractivity contribution in [3.8, 4) is 0 Å². The van der Waals surface area contributed by atoms with Crippen molar-refractivity contribution in [3.63, 3.8) is 0 Å². The molecule has 0 bridgehead atoms. The first-order valence-electron chi connectivity index (χ1n) is 4.54. The predicted octanol–water partition coefficient (Wildman–Crippen LogP) is 2.70. The average Bonchev–Trinajstić information content (AvgIpc) is 2.17. The minimum absolute atomic E-state index is 0.0393. The summed E-state index contributed by atoms with van der Waals surface area (Å²) in [4.78, 5) is 6.09. The second-order valence-corrected chi connectivity index (χ2v) is 5.31. The summed E-state index contributed by atoms with van der Waals surface area (Å²) in [6.45, 7) is 3.89. The first kappa shape index (κ1) is 12.7. The molecular weight excluding hydrogens is 279 g/mol. The second-order valence-electron chi connectivity index (χ2n) is 3.99. The lowest BCUT2D eigenvalue weighted by Gasteiger charge is -2.35. The molecule has 0 aliphatic rings. The molecule has 0 spiro atoms. The molecule has 1 heterocycles. The van der Waals surface area contributed by atoms with Crippen molar-refractivity contribution in [1.29, 1.82) is 0 Å². The fraction of sp³-hybridized carbons (Fsp3) is 0.500. The van der Waals surface area contributed by atoms with Crippen molar-refractivity contribution in [1.82, 2.24) is 4.98 Å². The first-order chi connectivity index (χ1) is 6.88. The minimum atomic E-state index is -0.384. The lowest BCUT2D eigenvalue weighted by atomic mass is 10.1. The molecule has 0 aliphatic carbocycles. The van der Waals surface area contributed by atoms with Crippen LogP contribution in [0.1, 0.15) is 13.8 Å². The van der Waals surface area contributed by atoms with Crippen molar-refractivity contribution < 1.29 is 5.11 Å².